The quantitative estimate of drug-likeness (QED) is 0.859. The molecule has 0 bridgehead atoms. The van der Waals surface area contributed by atoms with Crippen molar-refractivity contribution in [2.75, 3.05) is 19.7 Å². The summed E-state index contributed by atoms with van der Waals surface area (Å²) in [5, 5.41) is 17.9. The first kappa shape index (κ1) is 12.1. The average Bonchev–Trinajstić information content (AvgIpc) is 2.79. The average molecular weight is 230 g/mol. The minimum Gasteiger partial charge on any atom is -0.396 e. The van der Waals surface area contributed by atoms with E-state index in [0.717, 1.165) is 31.6 Å². The summed E-state index contributed by atoms with van der Waals surface area (Å²) in [7, 11) is 0. The lowest BCUT2D eigenvalue weighted by Crippen LogP contribution is -2.21. The predicted octanol–water partition coefficient (Wildman–Crippen LogP) is 1.68. The van der Waals surface area contributed by atoms with Crippen molar-refractivity contribution >= 4 is 0 Å². The summed E-state index contributed by atoms with van der Waals surface area (Å²) in [6.07, 6.45) is 1.09. The lowest BCUT2D eigenvalue weighted by Gasteiger charge is -2.17. The highest BCUT2D eigenvalue weighted by Gasteiger charge is 2.21. The number of aryl methyl sites for hydroxylation is 1. The fourth-order valence-electron chi connectivity index (χ4n) is 2.39. The van der Waals surface area contributed by atoms with Gasteiger partial charge in [0.25, 0.3) is 0 Å². The molecule has 1 aliphatic rings. The molecular formula is C14H18N2O. The fraction of sp³-hybridized carbons (Fsp3) is 0.500. The van der Waals surface area contributed by atoms with Gasteiger partial charge in [0.1, 0.15) is 0 Å². The molecule has 1 N–H and O–H groups in total. The number of nitriles is 1. The molecule has 1 heterocycles. The zero-order valence-corrected chi connectivity index (χ0v) is 10.2. The molecule has 0 amide bonds. The Hall–Kier alpha value is -1.37. The molecule has 1 atom stereocenters. The molecule has 90 valence electrons. The third kappa shape index (κ3) is 2.85. The van der Waals surface area contributed by atoms with E-state index in [1.54, 1.807) is 0 Å². The number of benzene rings is 1. The van der Waals surface area contributed by atoms with Crippen molar-refractivity contribution in [2.45, 2.75) is 19.9 Å². The summed E-state index contributed by atoms with van der Waals surface area (Å²) in [6, 6.07) is 8.02. The van der Waals surface area contributed by atoms with Gasteiger partial charge in [-0.15, -0.1) is 0 Å². The molecular weight excluding hydrogens is 212 g/mol. The van der Waals surface area contributed by atoms with Gasteiger partial charge in [-0.3, -0.25) is 4.90 Å². The zero-order valence-electron chi connectivity index (χ0n) is 10.2. The van der Waals surface area contributed by atoms with E-state index in [1.165, 1.54) is 11.1 Å². The first-order valence-corrected chi connectivity index (χ1v) is 6.05. The van der Waals surface area contributed by atoms with Gasteiger partial charge in [0.05, 0.1) is 11.6 Å². The van der Waals surface area contributed by atoms with E-state index in [-0.39, 0.29) is 0 Å². The Morgan fingerprint density at radius 2 is 2.35 bits per heavy atom. The smallest absolute Gasteiger partial charge is 0.0991 e. The molecule has 0 spiro atoms. The van der Waals surface area contributed by atoms with Gasteiger partial charge in [-0.25, -0.2) is 0 Å². The van der Waals surface area contributed by atoms with Crippen LogP contribution in [0.3, 0.4) is 0 Å². The van der Waals surface area contributed by atoms with Gasteiger partial charge in [-0.05, 0) is 49.1 Å². The van der Waals surface area contributed by atoms with Crippen molar-refractivity contribution in [2.24, 2.45) is 5.92 Å². The first-order valence-electron chi connectivity index (χ1n) is 6.05. The largest absolute Gasteiger partial charge is 0.396 e. The standard InChI is InChI=1S/C14H18N2O/c1-11-6-12(7-15)2-3-14(11)9-16-5-4-13(8-16)10-17/h2-3,6,13,17H,4-5,8-10H2,1H3. The van der Waals surface area contributed by atoms with Crippen LogP contribution in [0.15, 0.2) is 18.2 Å². The molecule has 1 aromatic rings. The zero-order chi connectivity index (χ0) is 12.3. The minimum absolute atomic E-state index is 0.294. The topological polar surface area (TPSA) is 47.3 Å². The van der Waals surface area contributed by atoms with E-state index in [1.807, 2.05) is 18.2 Å². The molecule has 1 fully saturated rings. The van der Waals surface area contributed by atoms with Gasteiger partial charge in [-0.1, -0.05) is 6.07 Å². The number of aliphatic hydroxyl groups is 1. The summed E-state index contributed by atoms with van der Waals surface area (Å²) < 4.78 is 0. The molecule has 1 unspecified atom stereocenters. The summed E-state index contributed by atoms with van der Waals surface area (Å²) in [4.78, 5) is 2.37. The molecule has 0 radical (unpaired) electrons. The Morgan fingerprint density at radius 1 is 1.53 bits per heavy atom. The lowest BCUT2D eigenvalue weighted by molar-refractivity contribution is 0.220. The predicted molar refractivity (Wildman–Crippen MR) is 66.4 cm³/mol. The van der Waals surface area contributed by atoms with Crippen molar-refractivity contribution in [1.82, 2.24) is 4.90 Å². The van der Waals surface area contributed by atoms with Crippen LogP contribution in [0.25, 0.3) is 0 Å². The number of hydrogen-bond donors (Lipinski definition) is 1. The lowest BCUT2D eigenvalue weighted by atomic mass is 10.1. The maximum atomic E-state index is 9.11. The van der Waals surface area contributed by atoms with Crippen LogP contribution in [0.1, 0.15) is 23.1 Å². The van der Waals surface area contributed by atoms with E-state index >= 15 is 0 Å². The van der Waals surface area contributed by atoms with Gasteiger partial charge in [0.15, 0.2) is 0 Å². The van der Waals surface area contributed by atoms with Crippen molar-refractivity contribution in [3.63, 3.8) is 0 Å². The molecule has 17 heavy (non-hydrogen) atoms. The van der Waals surface area contributed by atoms with Crippen LogP contribution in [0.4, 0.5) is 0 Å². The van der Waals surface area contributed by atoms with Crippen molar-refractivity contribution in [3.05, 3.63) is 34.9 Å². The van der Waals surface area contributed by atoms with Gasteiger partial charge >= 0.3 is 0 Å². The maximum absolute atomic E-state index is 9.11. The van der Waals surface area contributed by atoms with Gasteiger partial charge < -0.3 is 5.11 Å². The minimum atomic E-state index is 0.294. The SMILES string of the molecule is Cc1cc(C#N)ccc1CN1CCC(CO)C1. The Morgan fingerprint density at radius 3 is 2.94 bits per heavy atom. The van der Waals surface area contributed by atoms with Crippen LogP contribution in [0.5, 0.6) is 0 Å². The first-order chi connectivity index (χ1) is 8.22. The molecule has 0 aliphatic carbocycles. The van der Waals surface area contributed by atoms with Crippen molar-refractivity contribution in [1.29, 1.82) is 5.26 Å². The van der Waals surface area contributed by atoms with Crippen LogP contribution in [-0.4, -0.2) is 29.7 Å². The number of hydrogen-bond acceptors (Lipinski definition) is 3. The highest BCUT2D eigenvalue weighted by molar-refractivity contribution is 5.37. The summed E-state index contributed by atoms with van der Waals surface area (Å²) in [5.74, 6) is 0.439. The molecule has 0 aromatic heterocycles. The second-order valence-electron chi connectivity index (χ2n) is 4.83. The van der Waals surface area contributed by atoms with Crippen LogP contribution in [0.2, 0.25) is 0 Å². The Kier molecular flexibility index (Phi) is 3.78. The monoisotopic (exact) mass is 230 g/mol. The van der Waals surface area contributed by atoms with Gasteiger partial charge in [0.2, 0.25) is 0 Å². The number of aliphatic hydroxyl groups excluding tert-OH is 1. The van der Waals surface area contributed by atoms with Crippen LogP contribution >= 0.6 is 0 Å². The van der Waals surface area contributed by atoms with Gasteiger partial charge in [0, 0.05) is 19.7 Å². The molecule has 1 saturated heterocycles. The van der Waals surface area contributed by atoms with E-state index < -0.39 is 0 Å². The van der Waals surface area contributed by atoms with Crippen LogP contribution < -0.4 is 0 Å². The molecule has 2 rings (SSSR count). The number of rotatable bonds is 3. The summed E-state index contributed by atoms with van der Waals surface area (Å²) >= 11 is 0. The Balaban J connectivity index is 2.02. The molecule has 1 aliphatic heterocycles. The fourth-order valence-corrected chi connectivity index (χ4v) is 2.39. The Labute approximate surface area is 102 Å². The summed E-state index contributed by atoms with van der Waals surface area (Å²) in [5.41, 5.74) is 3.18. The molecule has 0 saturated carbocycles. The third-order valence-electron chi connectivity index (χ3n) is 3.49. The Bertz CT molecular complexity index is 436. The van der Waals surface area contributed by atoms with Crippen LogP contribution in [0, 0.1) is 24.2 Å². The van der Waals surface area contributed by atoms with E-state index in [9.17, 15) is 0 Å². The highest BCUT2D eigenvalue weighted by Crippen LogP contribution is 2.20. The van der Waals surface area contributed by atoms with E-state index in [4.69, 9.17) is 10.4 Å². The highest BCUT2D eigenvalue weighted by atomic mass is 16.3. The molecule has 1 aromatic carbocycles. The van der Waals surface area contributed by atoms with Crippen molar-refractivity contribution in [3.8, 4) is 6.07 Å². The van der Waals surface area contributed by atoms with E-state index in [2.05, 4.69) is 17.9 Å². The van der Waals surface area contributed by atoms with Gasteiger partial charge in [-0.2, -0.15) is 5.26 Å². The number of likely N-dealkylation sites (tertiary alicyclic amines) is 1. The molecule has 3 heteroatoms. The third-order valence-corrected chi connectivity index (χ3v) is 3.49. The molecule has 3 nitrogen and oxygen atoms in total. The maximum Gasteiger partial charge on any atom is 0.0991 e. The second kappa shape index (κ2) is 5.31. The summed E-state index contributed by atoms with van der Waals surface area (Å²) in [6.45, 7) is 5.31. The van der Waals surface area contributed by atoms with Crippen LogP contribution in [-0.2, 0) is 6.54 Å². The van der Waals surface area contributed by atoms with E-state index in [0.29, 0.717) is 12.5 Å². The van der Waals surface area contributed by atoms with Crippen molar-refractivity contribution < 1.29 is 5.11 Å². The second-order valence-corrected chi connectivity index (χ2v) is 4.83. The normalized spacial score (nSPS) is 20.4. The number of nitrogens with zero attached hydrogens (tertiary/aromatic N) is 2.